The zero-order chi connectivity index (χ0) is 16.6. The standard InChI is InChI=1S/C16H17Cl2N5/c1-4-13-14(18)15(23-16(22-13)19-8-20-23)21-10(3)11-6-5-9(2)7-12(11)17/h5-8,10,21H,4H2,1-3H3/t10-/m0/s1. The summed E-state index contributed by atoms with van der Waals surface area (Å²) in [6.07, 6.45) is 2.18. The second-order valence-electron chi connectivity index (χ2n) is 5.44. The summed E-state index contributed by atoms with van der Waals surface area (Å²) in [5.41, 5.74) is 2.91. The van der Waals surface area contributed by atoms with Gasteiger partial charge in [-0.2, -0.15) is 14.6 Å². The largest absolute Gasteiger partial charge is 0.362 e. The highest BCUT2D eigenvalue weighted by atomic mass is 35.5. The van der Waals surface area contributed by atoms with Gasteiger partial charge in [-0.15, -0.1) is 0 Å². The van der Waals surface area contributed by atoms with Gasteiger partial charge in [0, 0.05) is 5.02 Å². The first-order valence-corrected chi connectivity index (χ1v) is 8.17. The molecule has 1 aromatic carbocycles. The molecule has 1 atom stereocenters. The first-order valence-electron chi connectivity index (χ1n) is 7.42. The number of halogens is 2. The summed E-state index contributed by atoms with van der Waals surface area (Å²) in [6.45, 7) is 6.05. The summed E-state index contributed by atoms with van der Waals surface area (Å²) >= 11 is 12.9. The average Bonchev–Trinajstić information content (AvgIpc) is 2.97. The number of benzene rings is 1. The van der Waals surface area contributed by atoms with E-state index in [1.54, 1.807) is 4.52 Å². The lowest BCUT2D eigenvalue weighted by Gasteiger charge is -2.19. The number of aryl methyl sites for hydroxylation is 2. The highest BCUT2D eigenvalue weighted by Crippen LogP contribution is 2.31. The smallest absolute Gasteiger partial charge is 0.254 e. The maximum atomic E-state index is 6.49. The first kappa shape index (κ1) is 16.0. The summed E-state index contributed by atoms with van der Waals surface area (Å²) in [5.74, 6) is 1.20. The fourth-order valence-electron chi connectivity index (χ4n) is 2.49. The van der Waals surface area contributed by atoms with Crippen LogP contribution in [0.4, 0.5) is 5.82 Å². The van der Waals surface area contributed by atoms with Crippen LogP contribution in [0.2, 0.25) is 10.0 Å². The third-order valence-electron chi connectivity index (χ3n) is 3.75. The van der Waals surface area contributed by atoms with Gasteiger partial charge in [-0.05, 0) is 37.5 Å². The summed E-state index contributed by atoms with van der Waals surface area (Å²) < 4.78 is 1.61. The molecule has 0 radical (unpaired) electrons. The molecule has 0 aliphatic carbocycles. The van der Waals surface area contributed by atoms with Crippen molar-refractivity contribution in [3.8, 4) is 0 Å². The summed E-state index contributed by atoms with van der Waals surface area (Å²) in [4.78, 5) is 8.57. The summed E-state index contributed by atoms with van der Waals surface area (Å²) in [5, 5.41) is 8.87. The maximum absolute atomic E-state index is 6.49. The van der Waals surface area contributed by atoms with Crippen LogP contribution in [0.5, 0.6) is 0 Å². The number of hydrogen-bond acceptors (Lipinski definition) is 4. The predicted molar refractivity (Wildman–Crippen MR) is 93.4 cm³/mol. The second kappa shape index (κ2) is 6.34. The maximum Gasteiger partial charge on any atom is 0.254 e. The van der Waals surface area contributed by atoms with Crippen molar-refractivity contribution in [1.82, 2.24) is 19.6 Å². The van der Waals surface area contributed by atoms with Gasteiger partial charge < -0.3 is 5.32 Å². The van der Waals surface area contributed by atoms with Gasteiger partial charge in [-0.3, -0.25) is 0 Å². The summed E-state index contributed by atoms with van der Waals surface area (Å²) in [7, 11) is 0. The molecule has 2 aromatic heterocycles. The molecule has 5 nitrogen and oxygen atoms in total. The van der Waals surface area contributed by atoms with E-state index in [9.17, 15) is 0 Å². The Balaban J connectivity index is 2.03. The minimum atomic E-state index is -0.0416. The quantitative estimate of drug-likeness (QED) is 0.754. The van der Waals surface area contributed by atoms with E-state index in [1.807, 2.05) is 39.0 Å². The average molecular weight is 350 g/mol. The van der Waals surface area contributed by atoms with E-state index in [0.29, 0.717) is 16.6 Å². The molecule has 0 fully saturated rings. The molecule has 0 saturated carbocycles. The monoisotopic (exact) mass is 349 g/mol. The van der Waals surface area contributed by atoms with Crippen LogP contribution in [0.1, 0.15) is 36.7 Å². The van der Waals surface area contributed by atoms with E-state index >= 15 is 0 Å². The predicted octanol–water partition coefficient (Wildman–Crippen LogP) is 4.48. The van der Waals surface area contributed by atoms with Crippen LogP contribution in [0, 0.1) is 6.92 Å². The van der Waals surface area contributed by atoms with Crippen molar-refractivity contribution in [3.63, 3.8) is 0 Å². The lowest BCUT2D eigenvalue weighted by molar-refractivity contribution is 0.833. The van der Waals surface area contributed by atoms with Crippen molar-refractivity contribution >= 4 is 34.8 Å². The van der Waals surface area contributed by atoms with Gasteiger partial charge in [-0.1, -0.05) is 42.3 Å². The number of aromatic nitrogens is 4. The van der Waals surface area contributed by atoms with E-state index in [4.69, 9.17) is 23.2 Å². The highest BCUT2D eigenvalue weighted by molar-refractivity contribution is 6.33. The fourth-order valence-corrected chi connectivity index (χ4v) is 3.20. The Morgan fingerprint density at radius 3 is 2.78 bits per heavy atom. The number of anilines is 1. The number of hydrogen-bond donors (Lipinski definition) is 1. The zero-order valence-corrected chi connectivity index (χ0v) is 14.7. The van der Waals surface area contributed by atoms with Crippen molar-refractivity contribution in [3.05, 3.63) is 51.4 Å². The Kier molecular flexibility index (Phi) is 4.41. The van der Waals surface area contributed by atoms with Gasteiger partial charge >= 0.3 is 0 Å². The lowest BCUT2D eigenvalue weighted by atomic mass is 10.1. The van der Waals surface area contributed by atoms with E-state index in [0.717, 1.165) is 28.3 Å². The Hall–Kier alpha value is -1.85. The highest BCUT2D eigenvalue weighted by Gasteiger charge is 2.18. The summed E-state index contributed by atoms with van der Waals surface area (Å²) in [6, 6.07) is 5.96. The molecule has 3 rings (SSSR count). The number of fused-ring (bicyclic) bond motifs is 1. The molecule has 0 saturated heterocycles. The zero-order valence-electron chi connectivity index (χ0n) is 13.1. The molecule has 23 heavy (non-hydrogen) atoms. The molecule has 3 aromatic rings. The van der Waals surface area contributed by atoms with E-state index in [1.165, 1.54) is 6.33 Å². The van der Waals surface area contributed by atoms with Crippen LogP contribution < -0.4 is 5.32 Å². The van der Waals surface area contributed by atoms with Crippen molar-refractivity contribution in [1.29, 1.82) is 0 Å². The normalized spacial score (nSPS) is 12.6. The second-order valence-corrected chi connectivity index (χ2v) is 6.22. The molecule has 120 valence electrons. The van der Waals surface area contributed by atoms with Crippen molar-refractivity contribution < 1.29 is 0 Å². The van der Waals surface area contributed by atoms with Gasteiger partial charge in [-0.25, -0.2) is 4.98 Å². The fraction of sp³-hybridized carbons (Fsp3) is 0.312. The number of rotatable bonds is 4. The minimum absolute atomic E-state index is 0.0416. The molecule has 1 N–H and O–H groups in total. The van der Waals surface area contributed by atoms with Crippen LogP contribution >= 0.6 is 23.2 Å². The molecule has 0 aliphatic rings. The van der Waals surface area contributed by atoms with Gasteiger partial charge in [0.25, 0.3) is 5.78 Å². The molecule has 0 spiro atoms. The SMILES string of the molecule is CCc1nc2ncnn2c(N[C@@H](C)c2ccc(C)cc2Cl)c1Cl. The van der Waals surface area contributed by atoms with Gasteiger partial charge in [0.15, 0.2) is 5.82 Å². The third-order valence-corrected chi connectivity index (χ3v) is 4.47. The molecule has 0 bridgehead atoms. The molecule has 0 aliphatic heterocycles. The molecule has 2 heterocycles. The van der Waals surface area contributed by atoms with E-state index in [2.05, 4.69) is 20.4 Å². The van der Waals surface area contributed by atoms with Crippen LogP contribution in [0.25, 0.3) is 5.78 Å². The topological polar surface area (TPSA) is 55.1 Å². The first-order chi connectivity index (χ1) is 11.0. The van der Waals surface area contributed by atoms with Crippen LogP contribution in [-0.2, 0) is 6.42 Å². The molecular formula is C16H17Cl2N5. The van der Waals surface area contributed by atoms with Crippen LogP contribution in [-0.4, -0.2) is 19.6 Å². The van der Waals surface area contributed by atoms with Gasteiger partial charge in [0.2, 0.25) is 0 Å². The molecule has 0 amide bonds. The van der Waals surface area contributed by atoms with Crippen molar-refractivity contribution in [2.24, 2.45) is 0 Å². The van der Waals surface area contributed by atoms with Crippen molar-refractivity contribution in [2.75, 3.05) is 5.32 Å². The van der Waals surface area contributed by atoms with Crippen molar-refractivity contribution in [2.45, 2.75) is 33.2 Å². The Bertz CT molecular complexity index is 859. The Morgan fingerprint density at radius 2 is 2.09 bits per heavy atom. The number of nitrogens with zero attached hydrogens (tertiary/aromatic N) is 4. The van der Waals surface area contributed by atoms with Gasteiger partial charge in [0.1, 0.15) is 11.3 Å². The van der Waals surface area contributed by atoms with E-state index < -0.39 is 0 Å². The molecule has 7 heteroatoms. The Morgan fingerprint density at radius 1 is 1.30 bits per heavy atom. The number of nitrogens with one attached hydrogen (secondary N) is 1. The van der Waals surface area contributed by atoms with Crippen LogP contribution in [0.15, 0.2) is 24.5 Å². The lowest BCUT2D eigenvalue weighted by Crippen LogP contribution is -2.13. The molecule has 0 unspecified atom stereocenters. The van der Waals surface area contributed by atoms with E-state index in [-0.39, 0.29) is 6.04 Å². The Labute approximate surface area is 144 Å². The minimum Gasteiger partial charge on any atom is -0.362 e. The van der Waals surface area contributed by atoms with Crippen LogP contribution in [0.3, 0.4) is 0 Å². The van der Waals surface area contributed by atoms with Gasteiger partial charge in [0.05, 0.1) is 11.7 Å². The third kappa shape index (κ3) is 2.99. The molecular weight excluding hydrogens is 333 g/mol.